The highest BCUT2D eigenvalue weighted by molar-refractivity contribution is 5.94. The summed E-state index contributed by atoms with van der Waals surface area (Å²) in [6.07, 6.45) is 3.36. The average Bonchev–Trinajstić information content (AvgIpc) is 2.83. The van der Waals surface area contributed by atoms with E-state index < -0.39 is 0 Å². The van der Waals surface area contributed by atoms with Gasteiger partial charge in [-0.2, -0.15) is 0 Å². The van der Waals surface area contributed by atoms with Crippen molar-refractivity contribution >= 4 is 17.6 Å². The molecule has 31 heavy (non-hydrogen) atoms. The standard InChI is InChI=1S/C24H30N4O3/c29-22-6-4-5-21(17-22)26-13-15-28(16-14-26)24(31)25-18-19-7-9-20(10-8-19)23(30)27-11-2-1-3-12-27/h4-10,17,29H,1-3,11-16,18H2,(H,25,31). The van der Waals surface area contributed by atoms with Gasteiger partial charge in [0.1, 0.15) is 5.75 Å². The molecule has 2 heterocycles. The quantitative estimate of drug-likeness (QED) is 0.794. The van der Waals surface area contributed by atoms with Crippen LogP contribution in [0.25, 0.3) is 0 Å². The summed E-state index contributed by atoms with van der Waals surface area (Å²) in [4.78, 5) is 31.0. The Balaban J connectivity index is 1.24. The Morgan fingerprint density at radius 1 is 0.839 bits per heavy atom. The van der Waals surface area contributed by atoms with Crippen LogP contribution in [0.5, 0.6) is 5.75 Å². The number of benzene rings is 2. The molecule has 2 saturated heterocycles. The molecule has 2 aliphatic heterocycles. The van der Waals surface area contributed by atoms with E-state index in [2.05, 4.69) is 10.2 Å². The minimum absolute atomic E-state index is 0.0796. The van der Waals surface area contributed by atoms with Crippen molar-refractivity contribution < 1.29 is 14.7 Å². The van der Waals surface area contributed by atoms with Gasteiger partial charge in [-0.25, -0.2) is 4.79 Å². The molecule has 7 heteroatoms. The zero-order valence-electron chi connectivity index (χ0n) is 17.8. The molecular weight excluding hydrogens is 392 g/mol. The molecule has 0 saturated carbocycles. The van der Waals surface area contributed by atoms with Gasteiger partial charge in [0.2, 0.25) is 0 Å². The van der Waals surface area contributed by atoms with Crippen LogP contribution in [-0.4, -0.2) is 66.1 Å². The van der Waals surface area contributed by atoms with Crippen LogP contribution in [0, 0.1) is 0 Å². The first kappa shape index (κ1) is 21.0. The van der Waals surface area contributed by atoms with E-state index in [1.807, 2.05) is 46.2 Å². The first-order valence-electron chi connectivity index (χ1n) is 11.0. The summed E-state index contributed by atoms with van der Waals surface area (Å²) in [7, 11) is 0. The number of nitrogens with zero attached hydrogens (tertiary/aromatic N) is 3. The molecule has 0 aliphatic carbocycles. The Morgan fingerprint density at radius 3 is 2.23 bits per heavy atom. The molecule has 2 N–H and O–H groups in total. The van der Waals surface area contributed by atoms with Crippen molar-refractivity contribution in [3.05, 3.63) is 59.7 Å². The van der Waals surface area contributed by atoms with E-state index in [1.165, 1.54) is 6.42 Å². The van der Waals surface area contributed by atoms with Gasteiger partial charge in [0, 0.05) is 63.1 Å². The molecule has 7 nitrogen and oxygen atoms in total. The van der Waals surface area contributed by atoms with E-state index >= 15 is 0 Å². The lowest BCUT2D eigenvalue weighted by atomic mass is 10.1. The van der Waals surface area contributed by atoms with E-state index in [1.54, 1.807) is 12.1 Å². The second-order valence-electron chi connectivity index (χ2n) is 8.20. The first-order chi connectivity index (χ1) is 15.1. The molecule has 0 bridgehead atoms. The number of amides is 3. The fourth-order valence-electron chi connectivity index (χ4n) is 4.19. The number of urea groups is 1. The average molecular weight is 423 g/mol. The van der Waals surface area contributed by atoms with Crippen molar-refractivity contribution in [1.29, 1.82) is 0 Å². The van der Waals surface area contributed by atoms with E-state index in [4.69, 9.17) is 0 Å². The monoisotopic (exact) mass is 422 g/mol. The van der Waals surface area contributed by atoms with Gasteiger partial charge in [0.05, 0.1) is 0 Å². The zero-order chi connectivity index (χ0) is 21.6. The maximum atomic E-state index is 12.6. The molecule has 4 rings (SSSR count). The number of likely N-dealkylation sites (tertiary alicyclic amines) is 1. The van der Waals surface area contributed by atoms with Crippen LogP contribution < -0.4 is 10.2 Å². The first-order valence-corrected chi connectivity index (χ1v) is 11.0. The number of rotatable bonds is 4. The lowest BCUT2D eigenvalue weighted by Gasteiger charge is -2.36. The Morgan fingerprint density at radius 2 is 1.55 bits per heavy atom. The number of carbonyl (C=O) groups excluding carboxylic acids is 2. The van der Waals surface area contributed by atoms with Crippen LogP contribution in [0.15, 0.2) is 48.5 Å². The largest absolute Gasteiger partial charge is 0.508 e. The normalized spacial score (nSPS) is 16.8. The Labute approximate surface area is 183 Å². The summed E-state index contributed by atoms with van der Waals surface area (Å²) < 4.78 is 0. The lowest BCUT2D eigenvalue weighted by molar-refractivity contribution is 0.0724. The third kappa shape index (κ3) is 5.29. The fraction of sp³-hybridized carbons (Fsp3) is 0.417. The summed E-state index contributed by atoms with van der Waals surface area (Å²) in [5.74, 6) is 0.348. The maximum absolute atomic E-state index is 12.6. The number of aromatic hydroxyl groups is 1. The highest BCUT2D eigenvalue weighted by Crippen LogP contribution is 2.21. The summed E-state index contributed by atoms with van der Waals surface area (Å²) in [6, 6.07) is 14.7. The van der Waals surface area contributed by atoms with E-state index in [-0.39, 0.29) is 17.7 Å². The van der Waals surface area contributed by atoms with Crippen molar-refractivity contribution in [2.45, 2.75) is 25.8 Å². The van der Waals surface area contributed by atoms with Crippen molar-refractivity contribution in [3.8, 4) is 5.75 Å². The molecule has 0 atom stereocenters. The molecule has 3 amide bonds. The van der Waals surface area contributed by atoms with Crippen molar-refractivity contribution in [2.75, 3.05) is 44.2 Å². The SMILES string of the molecule is O=C(NCc1ccc(C(=O)N2CCCCC2)cc1)N1CCN(c2cccc(O)c2)CC1. The Bertz CT molecular complexity index is 901. The molecular formula is C24H30N4O3. The lowest BCUT2D eigenvalue weighted by Crippen LogP contribution is -2.51. The van der Waals surface area contributed by atoms with Gasteiger partial charge in [-0.05, 0) is 49.1 Å². The van der Waals surface area contributed by atoms with Gasteiger partial charge in [-0.1, -0.05) is 18.2 Å². The van der Waals surface area contributed by atoms with Gasteiger partial charge in [0.25, 0.3) is 5.91 Å². The summed E-state index contributed by atoms with van der Waals surface area (Å²) in [5.41, 5.74) is 2.65. The summed E-state index contributed by atoms with van der Waals surface area (Å²) in [6.45, 7) is 4.83. The Kier molecular flexibility index (Phi) is 6.60. The smallest absolute Gasteiger partial charge is 0.317 e. The molecule has 0 aromatic heterocycles. The summed E-state index contributed by atoms with van der Waals surface area (Å²) >= 11 is 0. The van der Waals surface area contributed by atoms with Gasteiger partial charge in [-0.3, -0.25) is 4.79 Å². The predicted molar refractivity (Wildman–Crippen MR) is 120 cm³/mol. The van der Waals surface area contributed by atoms with Gasteiger partial charge >= 0.3 is 6.03 Å². The third-order valence-corrected chi connectivity index (χ3v) is 6.05. The molecule has 0 radical (unpaired) electrons. The minimum atomic E-state index is -0.0796. The molecule has 2 fully saturated rings. The fourth-order valence-corrected chi connectivity index (χ4v) is 4.19. The third-order valence-electron chi connectivity index (χ3n) is 6.05. The molecule has 0 unspecified atom stereocenters. The maximum Gasteiger partial charge on any atom is 0.317 e. The molecule has 2 aromatic carbocycles. The Hall–Kier alpha value is -3.22. The van der Waals surface area contributed by atoms with Crippen molar-refractivity contribution in [1.82, 2.24) is 15.1 Å². The number of hydrogen-bond acceptors (Lipinski definition) is 4. The number of phenolic OH excluding ortho intramolecular Hbond substituents is 1. The van der Waals surface area contributed by atoms with Crippen LogP contribution in [-0.2, 0) is 6.54 Å². The highest BCUT2D eigenvalue weighted by Gasteiger charge is 2.21. The predicted octanol–water partition coefficient (Wildman–Crippen LogP) is 3.05. The van der Waals surface area contributed by atoms with Crippen LogP contribution in [0.1, 0.15) is 35.2 Å². The number of piperazine rings is 1. The van der Waals surface area contributed by atoms with E-state index in [9.17, 15) is 14.7 Å². The van der Waals surface area contributed by atoms with Gasteiger partial charge in [-0.15, -0.1) is 0 Å². The number of anilines is 1. The zero-order valence-corrected chi connectivity index (χ0v) is 17.8. The van der Waals surface area contributed by atoms with Crippen LogP contribution in [0.2, 0.25) is 0 Å². The number of phenols is 1. The molecule has 2 aromatic rings. The topological polar surface area (TPSA) is 76.1 Å². The number of piperidine rings is 1. The van der Waals surface area contributed by atoms with Gasteiger partial charge < -0.3 is 25.1 Å². The van der Waals surface area contributed by atoms with Crippen molar-refractivity contribution in [2.24, 2.45) is 0 Å². The molecule has 164 valence electrons. The number of hydrogen-bond donors (Lipinski definition) is 2. The number of carbonyl (C=O) groups is 2. The number of nitrogens with one attached hydrogen (secondary N) is 1. The van der Waals surface area contributed by atoms with Crippen LogP contribution in [0.3, 0.4) is 0 Å². The van der Waals surface area contributed by atoms with E-state index in [0.29, 0.717) is 25.2 Å². The second kappa shape index (κ2) is 9.73. The minimum Gasteiger partial charge on any atom is -0.508 e. The van der Waals surface area contributed by atoms with Crippen LogP contribution in [0.4, 0.5) is 10.5 Å². The van der Waals surface area contributed by atoms with Gasteiger partial charge in [0.15, 0.2) is 0 Å². The highest BCUT2D eigenvalue weighted by atomic mass is 16.3. The van der Waals surface area contributed by atoms with Crippen molar-refractivity contribution in [3.63, 3.8) is 0 Å². The van der Waals surface area contributed by atoms with E-state index in [0.717, 1.165) is 50.3 Å². The molecule has 0 spiro atoms. The molecule has 2 aliphatic rings. The summed E-state index contributed by atoms with van der Waals surface area (Å²) in [5, 5.41) is 12.6. The van der Waals surface area contributed by atoms with Crippen LogP contribution >= 0.6 is 0 Å². The second-order valence-corrected chi connectivity index (χ2v) is 8.20.